The molecule has 8 N–H and O–H groups in total. The van der Waals surface area contributed by atoms with Crippen LogP contribution in [0.1, 0.15) is 31.7 Å². The first-order valence-electron chi connectivity index (χ1n) is 12.2. The zero-order chi connectivity index (χ0) is 26.4. The van der Waals surface area contributed by atoms with Crippen LogP contribution >= 0.6 is 24.8 Å². The summed E-state index contributed by atoms with van der Waals surface area (Å²) >= 11 is 0. The molecule has 2 heterocycles. The largest absolute Gasteiger partial charge is 0.493 e. The van der Waals surface area contributed by atoms with Crippen LogP contribution in [0.4, 0.5) is 23.5 Å². The van der Waals surface area contributed by atoms with E-state index in [4.69, 9.17) is 32.4 Å². The average molecular weight is 574 g/mol. The Morgan fingerprint density at radius 1 is 0.564 bits per heavy atom. The standard InChI is InChI=1S/C27H32N8O2.2ClH/c1-3-20-22(24(28)34-26(30)32-20)16-6-10-18(11-7-16)36-14-5-15-37-19-12-8-17(9-13-19)23-21(4-2)33-27(31)35-25(23)29;;/h6-13H,3-5,14-15H2,1-2H3,(H4,28,30,32,34)(H4,29,31,33,35);2*1H. The number of aromatic nitrogens is 4. The van der Waals surface area contributed by atoms with E-state index >= 15 is 0 Å². The van der Waals surface area contributed by atoms with Gasteiger partial charge in [0, 0.05) is 17.5 Å². The van der Waals surface area contributed by atoms with E-state index in [0.29, 0.717) is 37.7 Å². The monoisotopic (exact) mass is 572 g/mol. The van der Waals surface area contributed by atoms with Crippen LogP contribution in [-0.4, -0.2) is 33.1 Å². The van der Waals surface area contributed by atoms with Crippen molar-refractivity contribution in [2.45, 2.75) is 33.1 Å². The molecule has 208 valence electrons. The van der Waals surface area contributed by atoms with Gasteiger partial charge in [0.15, 0.2) is 0 Å². The molecule has 2 aromatic heterocycles. The Morgan fingerprint density at radius 3 is 1.26 bits per heavy atom. The second-order valence-electron chi connectivity index (χ2n) is 8.38. The van der Waals surface area contributed by atoms with E-state index < -0.39 is 0 Å². The summed E-state index contributed by atoms with van der Waals surface area (Å²) in [5, 5.41) is 0. The highest BCUT2D eigenvalue weighted by Crippen LogP contribution is 2.31. The van der Waals surface area contributed by atoms with Crippen LogP contribution < -0.4 is 32.4 Å². The number of halogens is 2. The van der Waals surface area contributed by atoms with Crippen molar-refractivity contribution in [1.29, 1.82) is 0 Å². The van der Waals surface area contributed by atoms with Crippen molar-refractivity contribution < 1.29 is 9.47 Å². The third-order valence-electron chi connectivity index (χ3n) is 5.84. The van der Waals surface area contributed by atoms with E-state index in [1.165, 1.54) is 0 Å². The lowest BCUT2D eigenvalue weighted by atomic mass is 10.0. The Morgan fingerprint density at radius 2 is 0.923 bits per heavy atom. The van der Waals surface area contributed by atoms with E-state index in [9.17, 15) is 0 Å². The number of nitrogen functional groups attached to an aromatic ring is 4. The first-order chi connectivity index (χ1) is 17.9. The summed E-state index contributed by atoms with van der Waals surface area (Å²) in [5.41, 5.74) is 28.8. The molecule has 0 spiro atoms. The van der Waals surface area contributed by atoms with Gasteiger partial charge in [-0.1, -0.05) is 38.1 Å². The topological polar surface area (TPSA) is 174 Å². The zero-order valence-electron chi connectivity index (χ0n) is 21.9. The molecule has 10 nitrogen and oxygen atoms in total. The van der Waals surface area contributed by atoms with Crippen LogP contribution in [0.15, 0.2) is 48.5 Å². The zero-order valence-corrected chi connectivity index (χ0v) is 23.5. The maximum absolute atomic E-state index is 6.10. The molecule has 0 aliphatic carbocycles. The van der Waals surface area contributed by atoms with Crippen molar-refractivity contribution in [3.05, 3.63) is 59.9 Å². The van der Waals surface area contributed by atoms with Crippen LogP contribution in [0.2, 0.25) is 0 Å². The highest BCUT2D eigenvalue weighted by atomic mass is 35.5. The second kappa shape index (κ2) is 14.2. The van der Waals surface area contributed by atoms with E-state index in [2.05, 4.69) is 19.9 Å². The van der Waals surface area contributed by atoms with Crippen LogP contribution in [0.5, 0.6) is 11.5 Å². The summed E-state index contributed by atoms with van der Waals surface area (Å²) in [7, 11) is 0. The second-order valence-corrected chi connectivity index (χ2v) is 8.38. The number of benzene rings is 2. The molecule has 0 unspecified atom stereocenters. The van der Waals surface area contributed by atoms with Gasteiger partial charge >= 0.3 is 0 Å². The van der Waals surface area contributed by atoms with Crippen LogP contribution in [0.3, 0.4) is 0 Å². The van der Waals surface area contributed by atoms with E-state index in [0.717, 1.165) is 51.6 Å². The Labute approximate surface area is 240 Å². The predicted octanol–water partition coefficient (Wildman–Crippen LogP) is 4.75. The van der Waals surface area contributed by atoms with Crippen molar-refractivity contribution in [2.24, 2.45) is 0 Å². The third kappa shape index (κ3) is 7.52. The number of hydrogen-bond donors (Lipinski definition) is 4. The van der Waals surface area contributed by atoms with E-state index in [1.54, 1.807) is 0 Å². The van der Waals surface area contributed by atoms with Crippen molar-refractivity contribution in [3.8, 4) is 33.8 Å². The minimum absolute atomic E-state index is 0. The minimum atomic E-state index is 0. The molecule has 0 amide bonds. The fourth-order valence-corrected chi connectivity index (χ4v) is 4.11. The lowest BCUT2D eigenvalue weighted by Crippen LogP contribution is -2.07. The summed E-state index contributed by atoms with van der Waals surface area (Å²) in [6, 6.07) is 15.4. The summed E-state index contributed by atoms with van der Waals surface area (Å²) in [6.45, 7) is 5.05. The predicted molar refractivity (Wildman–Crippen MR) is 161 cm³/mol. The summed E-state index contributed by atoms with van der Waals surface area (Å²) in [6.07, 6.45) is 2.13. The SMILES string of the molecule is CCc1nc(N)nc(N)c1-c1ccc(OCCCOc2ccc(-c3c(N)nc(N)nc3CC)cc2)cc1.Cl.Cl. The fraction of sp³-hybridized carbons (Fsp3) is 0.259. The van der Waals surface area contributed by atoms with Gasteiger partial charge in [-0.15, -0.1) is 24.8 Å². The van der Waals surface area contributed by atoms with Gasteiger partial charge in [0.05, 0.1) is 24.6 Å². The Kier molecular flexibility index (Phi) is 11.4. The number of aryl methyl sites for hydroxylation is 2. The van der Waals surface area contributed by atoms with Crippen molar-refractivity contribution in [3.63, 3.8) is 0 Å². The summed E-state index contributed by atoms with van der Waals surface area (Å²) in [5.74, 6) is 2.64. The molecule has 0 radical (unpaired) electrons. The van der Waals surface area contributed by atoms with Crippen LogP contribution in [-0.2, 0) is 12.8 Å². The van der Waals surface area contributed by atoms with Crippen LogP contribution in [0.25, 0.3) is 22.3 Å². The lowest BCUT2D eigenvalue weighted by Gasteiger charge is -2.13. The highest BCUT2D eigenvalue weighted by Gasteiger charge is 2.14. The van der Waals surface area contributed by atoms with E-state index in [-0.39, 0.29) is 36.7 Å². The van der Waals surface area contributed by atoms with Gasteiger partial charge in [-0.3, -0.25) is 0 Å². The van der Waals surface area contributed by atoms with Crippen LogP contribution in [0, 0.1) is 0 Å². The maximum Gasteiger partial charge on any atom is 0.222 e. The lowest BCUT2D eigenvalue weighted by molar-refractivity contribution is 0.247. The first-order valence-corrected chi connectivity index (χ1v) is 12.2. The summed E-state index contributed by atoms with van der Waals surface area (Å²) in [4.78, 5) is 16.8. The number of nitrogens with two attached hydrogens (primary N) is 4. The molecule has 39 heavy (non-hydrogen) atoms. The molecule has 0 saturated carbocycles. The van der Waals surface area contributed by atoms with Gasteiger partial charge in [-0.25, -0.2) is 9.97 Å². The van der Waals surface area contributed by atoms with Gasteiger partial charge < -0.3 is 32.4 Å². The quantitative estimate of drug-likeness (QED) is 0.194. The van der Waals surface area contributed by atoms with Crippen molar-refractivity contribution in [1.82, 2.24) is 19.9 Å². The Hall–Kier alpha value is -4.02. The maximum atomic E-state index is 6.10. The molecule has 0 aliphatic rings. The first kappa shape index (κ1) is 31.2. The molecule has 0 atom stereocenters. The molecular formula is C27H34Cl2N8O2. The molecule has 2 aromatic carbocycles. The fourth-order valence-electron chi connectivity index (χ4n) is 4.11. The number of rotatable bonds is 10. The van der Waals surface area contributed by atoms with Gasteiger partial charge in [-0.2, -0.15) is 9.97 Å². The Bertz CT molecular complexity index is 1270. The normalized spacial score (nSPS) is 10.3. The average Bonchev–Trinajstić information content (AvgIpc) is 2.88. The van der Waals surface area contributed by atoms with Gasteiger partial charge in [0.25, 0.3) is 0 Å². The molecule has 0 bridgehead atoms. The molecule has 0 saturated heterocycles. The summed E-state index contributed by atoms with van der Waals surface area (Å²) < 4.78 is 11.7. The molecular weight excluding hydrogens is 539 g/mol. The van der Waals surface area contributed by atoms with Gasteiger partial charge in [-0.05, 0) is 48.2 Å². The molecule has 4 rings (SSSR count). The Balaban J connectivity index is 0.00000267. The minimum Gasteiger partial charge on any atom is -0.493 e. The van der Waals surface area contributed by atoms with E-state index in [1.807, 2.05) is 62.4 Å². The van der Waals surface area contributed by atoms with Crippen molar-refractivity contribution >= 4 is 48.3 Å². The van der Waals surface area contributed by atoms with Gasteiger partial charge in [0.2, 0.25) is 11.9 Å². The third-order valence-corrected chi connectivity index (χ3v) is 5.84. The molecule has 4 aromatic rings. The number of nitrogens with zero attached hydrogens (tertiary/aromatic N) is 4. The number of hydrogen-bond acceptors (Lipinski definition) is 10. The van der Waals surface area contributed by atoms with Gasteiger partial charge in [0.1, 0.15) is 23.1 Å². The van der Waals surface area contributed by atoms with Crippen molar-refractivity contribution in [2.75, 3.05) is 36.1 Å². The smallest absolute Gasteiger partial charge is 0.222 e. The number of ether oxygens (including phenoxy) is 2. The highest BCUT2D eigenvalue weighted by molar-refractivity contribution is 5.85. The molecule has 12 heteroatoms. The molecule has 0 aliphatic heterocycles. The number of anilines is 4. The molecule has 0 fully saturated rings.